The molecule has 0 saturated carbocycles. The predicted octanol–water partition coefficient (Wildman–Crippen LogP) is 5.81. The Balaban J connectivity index is 1.67. The van der Waals surface area contributed by atoms with Crippen LogP contribution in [0.3, 0.4) is 0 Å². The van der Waals surface area contributed by atoms with Gasteiger partial charge in [-0.3, -0.25) is 4.79 Å². The second-order valence-electron chi connectivity index (χ2n) is 5.29. The fraction of sp³-hybridized carbons (Fsp3) is 0.0500. The number of esters is 1. The van der Waals surface area contributed by atoms with Gasteiger partial charge in [0, 0.05) is 11.1 Å². The van der Waals surface area contributed by atoms with Crippen molar-refractivity contribution in [3.63, 3.8) is 0 Å². The van der Waals surface area contributed by atoms with E-state index in [0.29, 0.717) is 10.0 Å². The summed E-state index contributed by atoms with van der Waals surface area (Å²) in [6, 6.07) is 22.7. The summed E-state index contributed by atoms with van der Waals surface area (Å²) in [5.74, 6) is -0.110. The van der Waals surface area contributed by atoms with Crippen molar-refractivity contribution in [3.8, 4) is 16.9 Å². The minimum atomic E-state index is -0.383. The normalized spacial score (nSPS) is 10.4. The van der Waals surface area contributed by atoms with Crippen molar-refractivity contribution >= 4 is 29.2 Å². The first-order valence-corrected chi connectivity index (χ1v) is 8.17. The van der Waals surface area contributed by atoms with Crippen molar-refractivity contribution in [2.24, 2.45) is 0 Å². The van der Waals surface area contributed by atoms with E-state index in [2.05, 4.69) is 0 Å². The molecule has 0 unspecified atom stereocenters. The van der Waals surface area contributed by atoms with Crippen LogP contribution in [0.15, 0.2) is 72.8 Å². The third-order valence-corrected chi connectivity index (χ3v) is 4.07. The highest BCUT2D eigenvalue weighted by Crippen LogP contribution is 2.28. The van der Waals surface area contributed by atoms with Crippen LogP contribution in [0.2, 0.25) is 10.0 Å². The molecule has 0 amide bonds. The highest BCUT2D eigenvalue weighted by Gasteiger charge is 2.10. The van der Waals surface area contributed by atoms with Gasteiger partial charge in [0.2, 0.25) is 0 Å². The van der Waals surface area contributed by atoms with Crippen LogP contribution in [0.4, 0.5) is 0 Å². The van der Waals surface area contributed by atoms with Crippen LogP contribution >= 0.6 is 23.2 Å². The molecule has 0 saturated heterocycles. The maximum atomic E-state index is 12.1. The zero-order valence-electron chi connectivity index (χ0n) is 12.7. The Morgan fingerprint density at radius 1 is 0.833 bits per heavy atom. The van der Waals surface area contributed by atoms with E-state index in [1.165, 1.54) is 6.07 Å². The SMILES string of the molecule is O=C(Cc1ccc(-c2ccccc2)cc1)Oc1cc(Cl)ccc1Cl. The maximum Gasteiger partial charge on any atom is 0.315 e. The summed E-state index contributed by atoms with van der Waals surface area (Å²) in [5.41, 5.74) is 3.11. The first-order valence-electron chi connectivity index (χ1n) is 7.42. The number of carbonyl (C=O) groups is 1. The zero-order chi connectivity index (χ0) is 16.9. The molecule has 3 aromatic rings. The lowest BCUT2D eigenvalue weighted by molar-refractivity contribution is -0.133. The average Bonchev–Trinajstić information content (AvgIpc) is 2.59. The molecule has 0 atom stereocenters. The van der Waals surface area contributed by atoms with Gasteiger partial charge in [0.1, 0.15) is 0 Å². The molecule has 0 radical (unpaired) electrons. The number of carbonyl (C=O) groups excluding carboxylic acids is 1. The van der Waals surface area contributed by atoms with Crippen LogP contribution in [0.1, 0.15) is 5.56 Å². The lowest BCUT2D eigenvalue weighted by Gasteiger charge is -2.07. The molecule has 0 aromatic heterocycles. The summed E-state index contributed by atoms with van der Waals surface area (Å²) < 4.78 is 5.29. The summed E-state index contributed by atoms with van der Waals surface area (Å²) in [5, 5.41) is 0.821. The molecular weight excluding hydrogens is 343 g/mol. The van der Waals surface area contributed by atoms with Gasteiger partial charge in [-0.1, -0.05) is 77.8 Å². The zero-order valence-corrected chi connectivity index (χ0v) is 14.2. The Morgan fingerprint density at radius 2 is 1.50 bits per heavy atom. The smallest absolute Gasteiger partial charge is 0.315 e. The Labute approximate surface area is 150 Å². The molecule has 24 heavy (non-hydrogen) atoms. The quantitative estimate of drug-likeness (QED) is 0.435. The van der Waals surface area contributed by atoms with Crippen LogP contribution in [0.25, 0.3) is 11.1 Å². The molecule has 3 aromatic carbocycles. The Bertz CT molecular complexity index is 843. The second kappa shape index (κ2) is 7.52. The Morgan fingerprint density at radius 3 is 2.21 bits per heavy atom. The van der Waals surface area contributed by atoms with Gasteiger partial charge in [-0.15, -0.1) is 0 Å². The van der Waals surface area contributed by atoms with Gasteiger partial charge in [0.05, 0.1) is 11.4 Å². The molecule has 2 nitrogen and oxygen atoms in total. The fourth-order valence-corrected chi connectivity index (χ4v) is 2.64. The first-order chi connectivity index (χ1) is 11.6. The minimum Gasteiger partial charge on any atom is -0.425 e. The van der Waals surface area contributed by atoms with Gasteiger partial charge in [-0.05, 0) is 28.8 Å². The van der Waals surface area contributed by atoms with E-state index in [4.69, 9.17) is 27.9 Å². The van der Waals surface area contributed by atoms with Gasteiger partial charge in [0.15, 0.2) is 5.75 Å². The predicted molar refractivity (Wildman–Crippen MR) is 97.7 cm³/mol. The van der Waals surface area contributed by atoms with Gasteiger partial charge in [0.25, 0.3) is 0 Å². The lowest BCUT2D eigenvalue weighted by Crippen LogP contribution is -2.11. The lowest BCUT2D eigenvalue weighted by atomic mass is 10.0. The topological polar surface area (TPSA) is 26.3 Å². The monoisotopic (exact) mass is 356 g/mol. The van der Waals surface area contributed by atoms with Crippen molar-refractivity contribution in [1.29, 1.82) is 0 Å². The number of ether oxygens (including phenoxy) is 1. The molecule has 0 fully saturated rings. The Hall–Kier alpha value is -2.29. The third-order valence-electron chi connectivity index (χ3n) is 3.53. The van der Waals surface area contributed by atoms with E-state index in [0.717, 1.165) is 16.7 Å². The van der Waals surface area contributed by atoms with E-state index in [1.54, 1.807) is 12.1 Å². The standard InChI is InChI=1S/C20H14Cl2O2/c21-17-10-11-18(22)19(13-17)24-20(23)12-14-6-8-16(9-7-14)15-4-2-1-3-5-15/h1-11,13H,12H2. The van der Waals surface area contributed by atoms with Crippen molar-refractivity contribution in [2.45, 2.75) is 6.42 Å². The van der Waals surface area contributed by atoms with E-state index in [1.807, 2.05) is 54.6 Å². The second-order valence-corrected chi connectivity index (χ2v) is 6.13. The molecule has 0 spiro atoms. The van der Waals surface area contributed by atoms with Crippen molar-refractivity contribution in [1.82, 2.24) is 0 Å². The molecule has 0 aliphatic heterocycles. The van der Waals surface area contributed by atoms with Crippen LogP contribution < -0.4 is 4.74 Å². The Kier molecular flexibility index (Phi) is 5.19. The van der Waals surface area contributed by atoms with Crippen molar-refractivity contribution < 1.29 is 9.53 Å². The van der Waals surface area contributed by atoms with Crippen LogP contribution in [0, 0.1) is 0 Å². The van der Waals surface area contributed by atoms with Gasteiger partial charge in [-0.2, -0.15) is 0 Å². The summed E-state index contributed by atoms with van der Waals surface area (Å²) in [6.07, 6.45) is 0.165. The van der Waals surface area contributed by atoms with Gasteiger partial charge >= 0.3 is 5.97 Å². The number of hydrogen-bond donors (Lipinski definition) is 0. The van der Waals surface area contributed by atoms with E-state index < -0.39 is 0 Å². The van der Waals surface area contributed by atoms with Crippen molar-refractivity contribution in [2.75, 3.05) is 0 Å². The number of rotatable bonds is 4. The van der Waals surface area contributed by atoms with Crippen LogP contribution in [-0.4, -0.2) is 5.97 Å². The van der Waals surface area contributed by atoms with E-state index in [-0.39, 0.29) is 18.1 Å². The number of benzene rings is 3. The minimum absolute atomic E-state index is 0.165. The molecule has 0 bridgehead atoms. The number of halogens is 2. The molecule has 0 heterocycles. The summed E-state index contributed by atoms with van der Waals surface area (Å²) in [7, 11) is 0. The summed E-state index contributed by atoms with van der Waals surface area (Å²) in [4.78, 5) is 12.1. The molecule has 120 valence electrons. The van der Waals surface area contributed by atoms with Crippen LogP contribution in [-0.2, 0) is 11.2 Å². The molecule has 0 aliphatic carbocycles. The maximum absolute atomic E-state index is 12.1. The highest BCUT2D eigenvalue weighted by molar-refractivity contribution is 6.34. The molecule has 0 aliphatic rings. The van der Waals surface area contributed by atoms with Crippen molar-refractivity contribution in [3.05, 3.63) is 88.4 Å². The van der Waals surface area contributed by atoms with Crippen LogP contribution in [0.5, 0.6) is 5.75 Å². The molecule has 4 heteroatoms. The van der Waals surface area contributed by atoms with E-state index in [9.17, 15) is 4.79 Å². The average molecular weight is 357 g/mol. The van der Waals surface area contributed by atoms with Gasteiger partial charge < -0.3 is 4.74 Å². The van der Waals surface area contributed by atoms with Gasteiger partial charge in [-0.25, -0.2) is 0 Å². The largest absolute Gasteiger partial charge is 0.425 e. The first kappa shape index (κ1) is 16.6. The van der Waals surface area contributed by atoms with E-state index >= 15 is 0 Å². The summed E-state index contributed by atoms with van der Waals surface area (Å²) in [6.45, 7) is 0. The molecule has 0 N–H and O–H groups in total. The highest BCUT2D eigenvalue weighted by atomic mass is 35.5. The third kappa shape index (κ3) is 4.16. The molecule has 3 rings (SSSR count). The molecular formula is C20H14Cl2O2. The summed E-state index contributed by atoms with van der Waals surface area (Å²) >= 11 is 11.9. The number of hydrogen-bond acceptors (Lipinski definition) is 2. The fourth-order valence-electron chi connectivity index (χ4n) is 2.33.